The van der Waals surface area contributed by atoms with E-state index in [4.69, 9.17) is 0 Å². The van der Waals surface area contributed by atoms with Crippen LogP contribution in [-0.4, -0.2) is 30.7 Å². The molecule has 0 aliphatic rings. The molecule has 3 heteroatoms. The van der Waals surface area contributed by atoms with Gasteiger partial charge in [-0.3, -0.25) is 4.79 Å². The second kappa shape index (κ2) is 16.7. The molecule has 0 atom stereocenters. The van der Waals surface area contributed by atoms with Crippen molar-refractivity contribution in [2.75, 3.05) is 14.1 Å². The molecule has 3 nitrogen and oxygen atoms in total. The van der Waals surface area contributed by atoms with Gasteiger partial charge in [0.05, 0.1) is 0 Å². The van der Waals surface area contributed by atoms with E-state index in [1.807, 2.05) is 14.1 Å². The van der Waals surface area contributed by atoms with Gasteiger partial charge < -0.3 is 9.69 Å². The second-order valence-electron chi connectivity index (χ2n) is 7.07. The van der Waals surface area contributed by atoms with Crippen molar-refractivity contribution < 1.29 is 9.59 Å². The molecule has 0 radical (unpaired) electrons. The van der Waals surface area contributed by atoms with E-state index >= 15 is 0 Å². The zero-order valence-electron chi connectivity index (χ0n) is 16.3. The van der Waals surface area contributed by atoms with Crippen molar-refractivity contribution in [1.82, 2.24) is 4.90 Å². The molecule has 0 aromatic heterocycles. The van der Waals surface area contributed by atoms with Crippen molar-refractivity contribution in [2.45, 2.75) is 96.8 Å². The zero-order chi connectivity index (χ0) is 18.0. The Hall–Kier alpha value is -1.12. The van der Waals surface area contributed by atoms with Crippen LogP contribution >= 0.6 is 0 Å². The highest BCUT2D eigenvalue weighted by atomic mass is 16.2. The van der Waals surface area contributed by atoms with Crippen molar-refractivity contribution in [2.24, 2.45) is 0 Å². The quantitative estimate of drug-likeness (QED) is 0.268. The normalized spacial score (nSPS) is 11.1. The average Bonchev–Trinajstić information content (AvgIpc) is 2.53. The van der Waals surface area contributed by atoms with Crippen LogP contribution in [0.5, 0.6) is 0 Å². The van der Waals surface area contributed by atoms with Crippen LogP contribution in [0.25, 0.3) is 0 Å². The monoisotopic (exact) mass is 337 g/mol. The smallest absolute Gasteiger partial charge is 0.222 e. The first-order valence-corrected chi connectivity index (χ1v) is 9.88. The molecule has 140 valence electrons. The van der Waals surface area contributed by atoms with Gasteiger partial charge in [0, 0.05) is 26.9 Å². The van der Waals surface area contributed by atoms with Gasteiger partial charge >= 0.3 is 0 Å². The Balaban J connectivity index is 3.19. The molecule has 0 unspecified atom stereocenters. The minimum atomic E-state index is 0.247. The number of ketones is 1. The SMILES string of the molecule is CC(=O)CCCCCCC/C=C/CCCCCCCC(=O)N(C)C. The summed E-state index contributed by atoms with van der Waals surface area (Å²) in [5, 5.41) is 0. The lowest BCUT2D eigenvalue weighted by Crippen LogP contribution is -2.20. The van der Waals surface area contributed by atoms with Crippen LogP contribution in [0.1, 0.15) is 96.8 Å². The van der Waals surface area contributed by atoms with Crippen molar-refractivity contribution in [1.29, 1.82) is 0 Å². The van der Waals surface area contributed by atoms with E-state index in [0.29, 0.717) is 12.2 Å². The molecule has 0 aliphatic heterocycles. The summed E-state index contributed by atoms with van der Waals surface area (Å²) in [6, 6.07) is 0. The molecule has 0 spiro atoms. The molecule has 1 amide bonds. The maximum atomic E-state index is 11.4. The van der Waals surface area contributed by atoms with Crippen LogP contribution in [0.4, 0.5) is 0 Å². The Kier molecular flexibility index (Phi) is 15.9. The van der Waals surface area contributed by atoms with Crippen LogP contribution < -0.4 is 0 Å². The molecular formula is C21H39NO2. The van der Waals surface area contributed by atoms with Crippen LogP contribution in [0.2, 0.25) is 0 Å². The standard InChI is InChI=1S/C21H39NO2/c1-20(23)18-16-14-12-10-8-6-4-5-7-9-11-13-15-17-19-21(24)22(2)3/h4-5H,6-19H2,1-3H3/b5-4+. The van der Waals surface area contributed by atoms with Gasteiger partial charge in [-0.25, -0.2) is 0 Å². The number of hydrogen-bond donors (Lipinski definition) is 0. The Morgan fingerprint density at radius 1 is 0.667 bits per heavy atom. The zero-order valence-corrected chi connectivity index (χ0v) is 16.3. The molecule has 0 heterocycles. The summed E-state index contributed by atoms with van der Waals surface area (Å²) in [7, 11) is 3.65. The lowest BCUT2D eigenvalue weighted by molar-refractivity contribution is -0.128. The minimum Gasteiger partial charge on any atom is -0.349 e. The van der Waals surface area contributed by atoms with Crippen molar-refractivity contribution in [3.63, 3.8) is 0 Å². The summed E-state index contributed by atoms with van der Waals surface area (Å²) in [5.41, 5.74) is 0. The van der Waals surface area contributed by atoms with Crippen molar-refractivity contribution >= 4 is 11.7 Å². The van der Waals surface area contributed by atoms with Gasteiger partial charge in [0.25, 0.3) is 0 Å². The average molecular weight is 338 g/mol. The lowest BCUT2D eigenvalue weighted by Gasteiger charge is -2.09. The molecule has 0 rings (SSSR count). The molecule has 0 N–H and O–H groups in total. The summed E-state index contributed by atoms with van der Waals surface area (Å²) in [6.07, 6.45) is 20.6. The van der Waals surface area contributed by atoms with E-state index in [1.54, 1.807) is 11.8 Å². The molecule has 0 aromatic carbocycles. The first-order valence-electron chi connectivity index (χ1n) is 9.88. The predicted molar refractivity (Wildman–Crippen MR) is 103 cm³/mol. The highest BCUT2D eigenvalue weighted by Gasteiger charge is 2.02. The van der Waals surface area contributed by atoms with Gasteiger partial charge in [-0.05, 0) is 45.4 Å². The fourth-order valence-corrected chi connectivity index (χ4v) is 2.69. The number of hydrogen-bond acceptors (Lipinski definition) is 2. The second-order valence-corrected chi connectivity index (χ2v) is 7.07. The third-order valence-corrected chi connectivity index (χ3v) is 4.33. The summed E-state index contributed by atoms with van der Waals surface area (Å²) >= 11 is 0. The Labute approximate surface area is 149 Å². The molecule has 0 aromatic rings. The van der Waals surface area contributed by atoms with Gasteiger partial charge in [0.2, 0.25) is 5.91 Å². The highest BCUT2D eigenvalue weighted by Crippen LogP contribution is 2.10. The molecule has 0 bridgehead atoms. The highest BCUT2D eigenvalue weighted by molar-refractivity contribution is 5.75. The van der Waals surface area contributed by atoms with Crippen LogP contribution in [0, 0.1) is 0 Å². The Morgan fingerprint density at radius 2 is 1.08 bits per heavy atom. The summed E-state index contributed by atoms with van der Waals surface area (Å²) in [4.78, 5) is 23.9. The van der Waals surface area contributed by atoms with Gasteiger partial charge in [-0.2, -0.15) is 0 Å². The molecule has 0 aliphatic carbocycles. The number of Topliss-reactive ketones (excluding diaryl/α,β-unsaturated/α-hetero) is 1. The van der Waals surface area contributed by atoms with Gasteiger partial charge in [-0.1, -0.05) is 50.7 Å². The number of nitrogens with zero attached hydrogens (tertiary/aromatic N) is 1. The number of amides is 1. The molecular weight excluding hydrogens is 298 g/mol. The van der Waals surface area contributed by atoms with E-state index in [-0.39, 0.29) is 5.91 Å². The summed E-state index contributed by atoms with van der Waals surface area (Å²) < 4.78 is 0. The number of allylic oxidation sites excluding steroid dienone is 2. The lowest BCUT2D eigenvalue weighted by atomic mass is 10.1. The molecule has 24 heavy (non-hydrogen) atoms. The minimum absolute atomic E-state index is 0.247. The van der Waals surface area contributed by atoms with E-state index in [1.165, 1.54) is 64.2 Å². The van der Waals surface area contributed by atoms with Crippen molar-refractivity contribution in [3.8, 4) is 0 Å². The third kappa shape index (κ3) is 17.2. The molecule has 0 fully saturated rings. The summed E-state index contributed by atoms with van der Waals surface area (Å²) in [6.45, 7) is 1.68. The Morgan fingerprint density at radius 3 is 1.54 bits per heavy atom. The van der Waals surface area contributed by atoms with E-state index < -0.39 is 0 Å². The number of carbonyl (C=O) groups excluding carboxylic acids is 2. The van der Waals surface area contributed by atoms with Crippen LogP contribution in [0.15, 0.2) is 12.2 Å². The topological polar surface area (TPSA) is 37.4 Å². The van der Waals surface area contributed by atoms with Gasteiger partial charge in [-0.15, -0.1) is 0 Å². The van der Waals surface area contributed by atoms with E-state index in [9.17, 15) is 9.59 Å². The third-order valence-electron chi connectivity index (χ3n) is 4.33. The largest absolute Gasteiger partial charge is 0.349 e. The van der Waals surface area contributed by atoms with Gasteiger partial charge in [0.1, 0.15) is 5.78 Å². The van der Waals surface area contributed by atoms with Crippen molar-refractivity contribution in [3.05, 3.63) is 12.2 Å². The molecule has 0 saturated heterocycles. The fourth-order valence-electron chi connectivity index (χ4n) is 2.69. The van der Waals surface area contributed by atoms with E-state index in [2.05, 4.69) is 12.2 Å². The molecule has 0 saturated carbocycles. The number of unbranched alkanes of at least 4 members (excludes halogenated alkanes) is 10. The fraction of sp³-hybridized carbons (Fsp3) is 0.810. The maximum Gasteiger partial charge on any atom is 0.222 e. The Bertz CT molecular complexity index is 348. The first-order chi connectivity index (χ1) is 11.5. The van der Waals surface area contributed by atoms with Gasteiger partial charge in [0.15, 0.2) is 0 Å². The summed E-state index contributed by atoms with van der Waals surface area (Å²) in [5.74, 6) is 0.566. The number of rotatable bonds is 16. The van der Waals surface area contributed by atoms with Crippen LogP contribution in [-0.2, 0) is 9.59 Å². The predicted octanol–water partition coefficient (Wildman–Crippen LogP) is 5.68. The first kappa shape index (κ1) is 22.9. The van der Waals surface area contributed by atoms with E-state index in [0.717, 1.165) is 19.3 Å². The maximum absolute atomic E-state index is 11.4. The number of carbonyl (C=O) groups is 2. The van der Waals surface area contributed by atoms with Crippen LogP contribution in [0.3, 0.4) is 0 Å².